The van der Waals surface area contributed by atoms with E-state index >= 15 is 0 Å². The smallest absolute Gasteiger partial charge is 0.259 e. The Kier molecular flexibility index (Phi) is 4.44. The van der Waals surface area contributed by atoms with E-state index in [1.807, 2.05) is 19.1 Å². The van der Waals surface area contributed by atoms with Gasteiger partial charge in [0.25, 0.3) is 5.91 Å². The molecular formula is C15H13ClN2O2. The van der Waals surface area contributed by atoms with E-state index in [0.717, 1.165) is 5.56 Å². The van der Waals surface area contributed by atoms with Gasteiger partial charge in [-0.2, -0.15) is 5.26 Å². The van der Waals surface area contributed by atoms with Crippen LogP contribution in [0.15, 0.2) is 41.0 Å². The van der Waals surface area contributed by atoms with E-state index in [-0.39, 0.29) is 11.1 Å². The molecule has 0 aliphatic rings. The monoisotopic (exact) mass is 288 g/mol. The van der Waals surface area contributed by atoms with E-state index < -0.39 is 0 Å². The second kappa shape index (κ2) is 6.27. The van der Waals surface area contributed by atoms with E-state index in [1.54, 1.807) is 23.1 Å². The molecule has 0 saturated heterocycles. The molecular weight excluding hydrogens is 276 g/mol. The summed E-state index contributed by atoms with van der Waals surface area (Å²) in [5.41, 5.74) is 1.71. The van der Waals surface area contributed by atoms with Crippen LogP contribution in [-0.4, -0.2) is 17.4 Å². The SMILES string of the molecule is CCN(Cc1ccccc1C#N)C(=O)c1ccoc1Cl. The van der Waals surface area contributed by atoms with Gasteiger partial charge in [-0.05, 0) is 36.2 Å². The first kappa shape index (κ1) is 14.2. The fraction of sp³-hybridized carbons (Fsp3) is 0.200. The molecule has 0 bridgehead atoms. The summed E-state index contributed by atoms with van der Waals surface area (Å²) in [6, 6.07) is 10.9. The average molecular weight is 289 g/mol. The molecule has 0 spiro atoms. The summed E-state index contributed by atoms with van der Waals surface area (Å²) in [4.78, 5) is 14.0. The molecule has 0 aliphatic heterocycles. The molecule has 0 fully saturated rings. The molecule has 0 saturated carbocycles. The number of hydrogen-bond acceptors (Lipinski definition) is 3. The summed E-state index contributed by atoms with van der Waals surface area (Å²) in [5.74, 6) is -0.209. The van der Waals surface area contributed by atoms with Crippen LogP contribution in [0.2, 0.25) is 5.22 Å². The Morgan fingerprint density at radius 1 is 1.40 bits per heavy atom. The number of carbonyl (C=O) groups excluding carboxylic acids is 1. The number of furan rings is 1. The highest BCUT2D eigenvalue weighted by atomic mass is 35.5. The molecule has 0 N–H and O–H groups in total. The Morgan fingerprint density at radius 3 is 2.75 bits per heavy atom. The van der Waals surface area contributed by atoms with Gasteiger partial charge in [-0.1, -0.05) is 18.2 Å². The van der Waals surface area contributed by atoms with E-state index in [4.69, 9.17) is 21.3 Å². The average Bonchev–Trinajstić information content (AvgIpc) is 2.90. The zero-order valence-electron chi connectivity index (χ0n) is 11.0. The Hall–Kier alpha value is -2.25. The summed E-state index contributed by atoms with van der Waals surface area (Å²) < 4.78 is 4.94. The van der Waals surface area contributed by atoms with Gasteiger partial charge >= 0.3 is 0 Å². The van der Waals surface area contributed by atoms with Crippen LogP contribution in [0, 0.1) is 11.3 Å². The maximum absolute atomic E-state index is 12.4. The van der Waals surface area contributed by atoms with E-state index in [9.17, 15) is 4.79 Å². The van der Waals surface area contributed by atoms with Crippen molar-refractivity contribution in [3.63, 3.8) is 0 Å². The van der Waals surface area contributed by atoms with Gasteiger partial charge in [0.05, 0.1) is 23.5 Å². The minimum atomic E-state index is -0.209. The van der Waals surface area contributed by atoms with Gasteiger partial charge in [-0.15, -0.1) is 0 Å². The molecule has 2 aromatic rings. The minimum absolute atomic E-state index is 0.0852. The Morgan fingerprint density at radius 2 is 2.15 bits per heavy atom. The first-order valence-electron chi connectivity index (χ1n) is 6.17. The van der Waals surface area contributed by atoms with Crippen molar-refractivity contribution in [2.45, 2.75) is 13.5 Å². The maximum Gasteiger partial charge on any atom is 0.259 e. The normalized spacial score (nSPS) is 10.1. The standard InChI is InChI=1S/C15H13ClN2O2/c1-2-18(15(19)13-7-8-20-14(13)16)10-12-6-4-3-5-11(12)9-17/h3-8H,2,10H2,1H3. The number of amides is 1. The number of nitrogens with zero attached hydrogens (tertiary/aromatic N) is 2. The zero-order valence-corrected chi connectivity index (χ0v) is 11.7. The molecule has 1 amide bonds. The van der Waals surface area contributed by atoms with E-state index in [1.165, 1.54) is 6.26 Å². The van der Waals surface area contributed by atoms with Crippen LogP contribution < -0.4 is 0 Å². The third-order valence-electron chi connectivity index (χ3n) is 3.02. The first-order valence-corrected chi connectivity index (χ1v) is 6.55. The van der Waals surface area contributed by atoms with Gasteiger partial charge in [0, 0.05) is 13.1 Å². The first-order chi connectivity index (χ1) is 9.67. The van der Waals surface area contributed by atoms with Crippen molar-refractivity contribution in [3.8, 4) is 6.07 Å². The van der Waals surface area contributed by atoms with Crippen molar-refractivity contribution >= 4 is 17.5 Å². The lowest BCUT2D eigenvalue weighted by molar-refractivity contribution is 0.0752. The second-order valence-electron chi connectivity index (χ2n) is 4.20. The summed E-state index contributed by atoms with van der Waals surface area (Å²) in [6.07, 6.45) is 1.38. The molecule has 0 radical (unpaired) electrons. The van der Waals surface area contributed by atoms with E-state index in [0.29, 0.717) is 24.2 Å². The Labute approximate surface area is 122 Å². The van der Waals surface area contributed by atoms with Crippen LogP contribution in [0.5, 0.6) is 0 Å². The van der Waals surface area contributed by atoms with Gasteiger partial charge in [-0.3, -0.25) is 4.79 Å². The van der Waals surface area contributed by atoms with Crippen molar-refractivity contribution in [2.24, 2.45) is 0 Å². The summed E-state index contributed by atoms with van der Waals surface area (Å²) in [5, 5.41) is 9.17. The van der Waals surface area contributed by atoms with E-state index in [2.05, 4.69) is 6.07 Å². The lowest BCUT2D eigenvalue weighted by Crippen LogP contribution is -2.30. The molecule has 4 nitrogen and oxygen atoms in total. The second-order valence-corrected chi connectivity index (χ2v) is 4.54. The summed E-state index contributed by atoms with van der Waals surface area (Å²) in [6.45, 7) is 2.75. The molecule has 5 heteroatoms. The molecule has 0 aliphatic carbocycles. The minimum Gasteiger partial charge on any atom is -0.452 e. The van der Waals surface area contributed by atoms with Crippen molar-refractivity contribution < 1.29 is 9.21 Å². The maximum atomic E-state index is 12.4. The molecule has 1 aromatic carbocycles. The predicted molar refractivity (Wildman–Crippen MR) is 75.3 cm³/mol. The van der Waals surface area contributed by atoms with Gasteiger partial charge in [0.1, 0.15) is 0 Å². The molecule has 0 atom stereocenters. The topological polar surface area (TPSA) is 57.2 Å². The number of rotatable bonds is 4. The highest BCUT2D eigenvalue weighted by molar-refractivity contribution is 6.32. The van der Waals surface area contributed by atoms with Crippen LogP contribution in [0.3, 0.4) is 0 Å². The molecule has 102 valence electrons. The van der Waals surface area contributed by atoms with Crippen molar-refractivity contribution in [3.05, 3.63) is 58.5 Å². The third kappa shape index (κ3) is 2.84. The number of hydrogen-bond donors (Lipinski definition) is 0. The number of halogens is 1. The highest BCUT2D eigenvalue weighted by Gasteiger charge is 2.20. The third-order valence-corrected chi connectivity index (χ3v) is 3.31. The van der Waals surface area contributed by atoms with Crippen molar-refractivity contribution in [2.75, 3.05) is 6.54 Å². The fourth-order valence-corrected chi connectivity index (χ4v) is 2.11. The molecule has 1 heterocycles. The number of carbonyl (C=O) groups is 1. The fourth-order valence-electron chi connectivity index (χ4n) is 1.92. The predicted octanol–water partition coefficient (Wildman–Crippen LogP) is 3.47. The van der Waals surface area contributed by atoms with Crippen LogP contribution in [0.25, 0.3) is 0 Å². The van der Waals surface area contributed by atoms with Crippen molar-refractivity contribution in [1.82, 2.24) is 4.90 Å². The lowest BCUT2D eigenvalue weighted by atomic mass is 10.1. The van der Waals surface area contributed by atoms with Crippen molar-refractivity contribution in [1.29, 1.82) is 5.26 Å². The largest absolute Gasteiger partial charge is 0.452 e. The highest BCUT2D eigenvalue weighted by Crippen LogP contribution is 2.20. The van der Waals surface area contributed by atoms with Gasteiger partial charge < -0.3 is 9.32 Å². The summed E-state index contributed by atoms with van der Waals surface area (Å²) in [7, 11) is 0. The quantitative estimate of drug-likeness (QED) is 0.865. The zero-order chi connectivity index (χ0) is 14.5. The molecule has 20 heavy (non-hydrogen) atoms. The van der Waals surface area contributed by atoms with Gasteiger partial charge in [0.15, 0.2) is 0 Å². The Bertz CT molecular complexity index is 658. The number of nitriles is 1. The summed E-state index contributed by atoms with van der Waals surface area (Å²) >= 11 is 5.83. The van der Waals surface area contributed by atoms with Crippen LogP contribution in [0.4, 0.5) is 0 Å². The molecule has 2 rings (SSSR count). The van der Waals surface area contributed by atoms with Gasteiger partial charge in [0.2, 0.25) is 5.22 Å². The van der Waals surface area contributed by atoms with Crippen LogP contribution in [-0.2, 0) is 6.54 Å². The van der Waals surface area contributed by atoms with Gasteiger partial charge in [-0.25, -0.2) is 0 Å². The number of benzene rings is 1. The van der Waals surface area contributed by atoms with Crippen LogP contribution >= 0.6 is 11.6 Å². The molecule has 0 unspecified atom stereocenters. The lowest BCUT2D eigenvalue weighted by Gasteiger charge is -2.21. The Balaban J connectivity index is 2.24. The molecule has 1 aromatic heterocycles. The van der Waals surface area contributed by atoms with Crippen LogP contribution in [0.1, 0.15) is 28.4 Å².